The van der Waals surface area contributed by atoms with Crippen molar-refractivity contribution in [2.24, 2.45) is 29.6 Å². The molecule has 15 heteroatoms. The Hall–Kier alpha value is -2.79. The van der Waals surface area contributed by atoms with E-state index in [4.69, 9.17) is 32.8 Å². The first-order valence-electron chi connectivity index (χ1n) is 24.2. The average molecular weight is 934 g/mol. The normalized spacial score (nSPS) is 37.9. The molecule has 0 spiro atoms. The molecule has 370 valence electrons. The number of Topliss-reactive ketones (excluding diaryl/α,β-unsaturated/α-hetero) is 2. The van der Waals surface area contributed by atoms with Gasteiger partial charge in [-0.15, -0.1) is 0 Å². The quantitative estimate of drug-likeness (QED) is 0.0744. The highest BCUT2D eigenvalue weighted by Crippen LogP contribution is 2.42. The molecule has 14 atom stereocenters. The largest absolute Gasteiger partial charge is 0.462 e. The van der Waals surface area contributed by atoms with E-state index in [1.165, 1.54) is 4.90 Å². The zero-order chi connectivity index (χ0) is 48.6. The van der Waals surface area contributed by atoms with Crippen LogP contribution in [0.5, 0.6) is 0 Å². The second-order valence-corrected chi connectivity index (χ2v) is 26.0. The first-order chi connectivity index (χ1) is 30.5. The van der Waals surface area contributed by atoms with Gasteiger partial charge < -0.3 is 42.9 Å². The number of amides is 1. The molecular weight excluding hydrogens is 851 g/mol. The summed E-state index contributed by atoms with van der Waals surface area (Å²) in [6.07, 6.45) is 5.16. The number of methoxy groups -OCH3 is 3. The third-order valence-corrected chi connectivity index (χ3v) is 19.8. The number of allylic oxidation sites excluding steroid dienone is 3. The summed E-state index contributed by atoms with van der Waals surface area (Å²) in [5, 5.41) is 12.0. The van der Waals surface area contributed by atoms with E-state index in [2.05, 4.69) is 52.9 Å². The predicted molar refractivity (Wildman–Crippen MR) is 249 cm³/mol. The fraction of sp³-hybridized carbons (Fsp3) is 0.820. The van der Waals surface area contributed by atoms with Gasteiger partial charge in [0.25, 0.3) is 18.2 Å². The van der Waals surface area contributed by atoms with Crippen LogP contribution in [-0.4, -0.2) is 131 Å². The number of piperidine rings is 1. The van der Waals surface area contributed by atoms with E-state index in [-0.39, 0.29) is 66.6 Å². The molecule has 2 unspecified atom stereocenters. The molecule has 0 aromatic carbocycles. The van der Waals surface area contributed by atoms with Crippen LogP contribution in [0.25, 0.3) is 0 Å². The van der Waals surface area contributed by atoms with Gasteiger partial charge in [0.2, 0.25) is 5.79 Å². The zero-order valence-electron chi connectivity index (χ0n) is 42.0. The molecule has 0 radical (unpaired) electrons. The van der Waals surface area contributed by atoms with Gasteiger partial charge in [-0.2, -0.15) is 0 Å². The standard InChI is InChI=1S/C50H83NO13Si/c1-15-36-23-30(2)22-31(3)24-42(59-11)45-43(60-12)26-33(5)50(57,63-45)46(54)47(55)51-21-17-16-18-37(51)48(56)62-44(32(4)25-35-19-20-39(61-29-52)41(27-35)58-10)34(6)40(28-38(36)53)64-65(13,14)49(7,8)9/h23,25,29,31,33-37,39-45,57H,15-22,24,26-28H2,1-14H3/b30-23+,32-25+/t31-,33+,34+,35?,36+,37-,39+,40-,41+,42?,43-,44+,45+,50+/m0/s1. The average Bonchev–Trinajstić information content (AvgIpc) is 3.25. The Balaban J connectivity index is 1.88. The summed E-state index contributed by atoms with van der Waals surface area (Å²) >= 11 is 0. The molecule has 3 fully saturated rings. The van der Waals surface area contributed by atoms with E-state index in [9.17, 15) is 29.1 Å². The van der Waals surface area contributed by atoms with Crippen molar-refractivity contribution in [1.29, 1.82) is 0 Å². The first kappa shape index (κ1) is 54.8. The topological polar surface area (TPSA) is 173 Å². The molecule has 65 heavy (non-hydrogen) atoms. The van der Waals surface area contributed by atoms with Crippen molar-refractivity contribution in [3.63, 3.8) is 0 Å². The summed E-state index contributed by atoms with van der Waals surface area (Å²) in [4.78, 5) is 71.0. The third kappa shape index (κ3) is 13.3. The Morgan fingerprint density at radius 3 is 2.15 bits per heavy atom. The highest BCUT2D eigenvalue weighted by atomic mass is 28.4. The number of hydrogen-bond acceptors (Lipinski definition) is 13. The maximum atomic E-state index is 14.8. The number of cyclic esters (lactones) is 1. The number of esters is 1. The van der Waals surface area contributed by atoms with Crippen molar-refractivity contribution < 1.29 is 61.9 Å². The molecular formula is C50H83NO13Si. The molecule has 4 rings (SSSR count). The van der Waals surface area contributed by atoms with Gasteiger partial charge in [0.15, 0.2) is 8.32 Å². The SMILES string of the molecule is CC[C@@H]1/C=C(\C)C[C@H](C)CC(OC)[C@H]2O[C@@](O)(C(=O)C(=O)N3CCCC[C@H]3C(=O)O[C@H](/C(C)=C/C3CC[C@@H](OC=O)[C@H](OC)C3)[C@H](C)[C@@H](O[Si](C)(C)C(C)(C)C)CC1=O)[C@H](C)C[C@@H]2OC. The van der Waals surface area contributed by atoms with Crippen LogP contribution in [-0.2, 0) is 56.8 Å². The van der Waals surface area contributed by atoms with E-state index in [0.717, 1.165) is 11.1 Å². The number of rotatable bonds is 10. The van der Waals surface area contributed by atoms with Crippen LogP contribution in [0.4, 0.5) is 0 Å². The zero-order valence-corrected chi connectivity index (χ0v) is 43.0. The van der Waals surface area contributed by atoms with Crippen molar-refractivity contribution in [3.8, 4) is 0 Å². The minimum atomic E-state index is -2.54. The van der Waals surface area contributed by atoms with Crippen molar-refractivity contribution >= 4 is 38.2 Å². The monoisotopic (exact) mass is 934 g/mol. The van der Waals surface area contributed by atoms with Crippen molar-refractivity contribution in [1.82, 2.24) is 4.90 Å². The minimum absolute atomic E-state index is 0.00768. The van der Waals surface area contributed by atoms with Crippen LogP contribution < -0.4 is 0 Å². The number of carbonyl (C=O) groups excluding carboxylic acids is 5. The fourth-order valence-electron chi connectivity index (χ4n) is 10.3. The van der Waals surface area contributed by atoms with Gasteiger partial charge in [0.05, 0.1) is 24.4 Å². The maximum Gasteiger partial charge on any atom is 0.329 e. The lowest BCUT2D eigenvalue weighted by atomic mass is 9.81. The van der Waals surface area contributed by atoms with Crippen LogP contribution >= 0.6 is 0 Å². The Morgan fingerprint density at radius 1 is 0.908 bits per heavy atom. The molecule has 3 heterocycles. The lowest BCUT2D eigenvalue weighted by Gasteiger charge is -2.47. The molecule has 2 saturated heterocycles. The second-order valence-electron chi connectivity index (χ2n) is 21.2. The Bertz CT molecular complexity index is 1710. The number of hydrogen-bond donors (Lipinski definition) is 1. The smallest absolute Gasteiger partial charge is 0.329 e. The fourth-order valence-corrected chi connectivity index (χ4v) is 11.7. The molecule has 1 amide bonds. The molecule has 4 aliphatic rings. The predicted octanol–water partition coefficient (Wildman–Crippen LogP) is 7.68. The number of aliphatic hydroxyl groups is 1. The Kier molecular flexibility index (Phi) is 19.8. The van der Waals surface area contributed by atoms with Crippen LogP contribution in [0.1, 0.15) is 133 Å². The number of nitrogens with zero attached hydrogens (tertiary/aromatic N) is 1. The lowest BCUT2D eigenvalue weighted by Crippen LogP contribution is -2.64. The van der Waals surface area contributed by atoms with Crippen LogP contribution in [0.2, 0.25) is 18.1 Å². The first-order valence-corrected chi connectivity index (χ1v) is 27.1. The summed E-state index contributed by atoms with van der Waals surface area (Å²) in [6.45, 7) is 23.0. The molecule has 3 aliphatic heterocycles. The highest BCUT2D eigenvalue weighted by Gasteiger charge is 2.57. The van der Waals surface area contributed by atoms with Crippen molar-refractivity contribution in [2.75, 3.05) is 27.9 Å². The summed E-state index contributed by atoms with van der Waals surface area (Å²) in [7, 11) is 2.15. The number of ketones is 2. The summed E-state index contributed by atoms with van der Waals surface area (Å²) < 4.78 is 43.1. The highest BCUT2D eigenvalue weighted by molar-refractivity contribution is 6.74. The van der Waals surface area contributed by atoms with Crippen LogP contribution in [0.15, 0.2) is 23.3 Å². The molecule has 0 aromatic heterocycles. The summed E-state index contributed by atoms with van der Waals surface area (Å²) in [5.41, 5.74) is 1.79. The van der Waals surface area contributed by atoms with E-state index >= 15 is 0 Å². The van der Waals surface area contributed by atoms with Gasteiger partial charge in [-0.25, -0.2) is 4.79 Å². The van der Waals surface area contributed by atoms with E-state index in [0.29, 0.717) is 57.8 Å². The number of ether oxygens (including phenoxy) is 6. The lowest BCUT2D eigenvalue weighted by molar-refractivity contribution is -0.302. The molecule has 1 aliphatic carbocycles. The van der Waals surface area contributed by atoms with Crippen LogP contribution in [0.3, 0.4) is 0 Å². The molecule has 2 bridgehead atoms. The van der Waals surface area contributed by atoms with Gasteiger partial charge in [-0.1, -0.05) is 66.2 Å². The van der Waals surface area contributed by atoms with E-state index < -0.39 is 80.2 Å². The second kappa shape index (κ2) is 23.5. The van der Waals surface area contributed by atoms with Crippen molar-refractivity contribution in [2.45, 2.75) is 206 Å². The van der Waals surface area contributed by atoms with Gasteiger partial charge in [0.1, 0.15) is 30.1 Å². The summed E-state index contributed by atoms with van der Waals surface area (Å²) in [5.74, 6) is -7.02. The van der Waals surface area contributed by atoms with E-state index in [1.54, 1.807) is 28.3 Å². The van der Waals surface area contributed by atoms with E-state index in [1.807, 2.05) is 27.7 Å². The Labute approximate surface area is 390 Å². The number of fused-ring (bicyclic) bond motifs is 3. The molecule has 0 aromatic rings. The Morgan fingerprint density at radius 2 is 1.55 bits per heavy atom. The maximum absolute atomic E-state index is 14.8. The number of carbonyl (C=O) groups is 5. The summed E-state index contributed by atoms with van der Waals surface area (Å²) in [6, 6.07) is -1.12. The molecule has 14 nitrogen and oxygen atoms in total. The third-order valence-electron chi connectivity index (χ3n) is 15.3. The van der Waals surface area contributed by atoms with Gasteiger partial charge in [-0.05, 0) is 114 Å². The minimum Gasteiger partial charge on any atom is -0.462 e. The van der Waals surface area contributed by atoms with Gasteiger partial charge in [0, 0.05) is 52.0 Å². The van der Waals surface area contributed by atoms with Crippen molar-refractivity contribution in [3.05, 3.63) is 23.3 Å². The van der Waals surface area contributed by atoms with Gasteiger partial charge in [-0.3, -0.25) is 19.2 Å². The molecule has 1 N–H and O–H groups in total. The molecule has 1 saturated carbocycles. The van der Waals surface area contributed by atoms with Gasteiger partial charge >= 0.3 is 5.97 Å². The van der Waals surface area contributed by atoms with Crippen LogP contribution in [0, 0.1) is 29.6 Å².